The molecule has 184 valence electrons. The van der Waals surface area contributed by atoms with E-state index in [1.165, 1.54) is 29.6 Å². The molecule has 0 radical (unpaired) electrons. The van der Waals surface area contributed by atoms with Gasteiger partial charge in [0.25, 0.3) is 5.91 Å². The van der Waals surface area contributed by atoms with Crippen molar-refractivity contribution in [1.82, 2.24) is 19.2 Å². The van der Waals surface area contributed by atoms with Gasteiger partial charge in [0, 0.05) is 58.4 Å². The molecule has 1 aromatic heterocycles. The molecule has 0 saturated carbocycles. The van der Waals surface area contributed by atoms with Crippen molar-refractivity contribution < 1.29 is 17.9 Å². The van der Waals surface area contributed by atoms with Crippen LogP contribution in [0.5, 0.6) is 5.75 Å². The summed E-state index contributed by atoms with van der Waals surface area (Å²) >= 11 is 0. The van der Waals surface area contributed by atoms with Crippen LogP contribution >= 0.6 is 0 Å². The van der Waals surface area contributed by atoms with E-state index in [4.69, 9.17) is 10.5 Å². The zero-order valence-electron chi connectivity index (χ0n) is 19.8. The standard InChI is InChI=1S/C22H31N7O4S/c1-16-24-20(27-8-6-26(2)7-9-27)15-21(25-16)28-10-12-29(13-11-28)34(31,32)17-4-5-19(33-3)18(14-17)22(23)30/h4-5,14-15H,6-13H2,1-3H3,(H2,23,30). The van der Waals surface area contributed by atoms with Gasteiger partial charge in [-0.25, -0.2) is 18.4 Å². The largest absolute Gasteiger partial charge is 0.496 e. The van der Waals surface area contributed by atoms with Crippen LogP contribution in [0.3, 0.4) is 0 Å². The third kappa shape index (κ3) is 4.93. The number of amides is 1. The van der Waals surface area contributed by atoms with Crippen LogP contribution in [0.1, 0.15) is 16.2 Å². The maximum absolute atomic E-state index is 13.2. The van der Waals surface area contributed by atoms with E-state index in [1.54, 1.807) is 0 Å². The summed E-state index contributed by atoms with van der Waals surface area (Å²) < 4.78 is 33.0. The first-order chi connectivity index (χ1) is 16.2. The van der Waals surface area contributed by atoms with Crippen LogP contribution in [-0.4, -0.2) is 100 Å². The molecule has 34 heavy (non-hydrogen) atoms. The molecule has 0 bridgehead atoms. The van der Waals surface area contributed by atoms with Gasteiger partial charge in [-0.2, -0.15) is 4.31 Å². The first kappa shape index (κ1) is 24.2. The molecule has 4 rings (SSSR count). The molecule has 2 saturated heterocycles. The fraction of sp³-hybridized carbons (Fsp3) is 0.500. The Bertz CT molecular complexity index is 1160. The summed E-state index contributed by atoms with van der Waals surface area (Å²) in [6.45, 7) is 7.26. The molecular weight excluding hydrogens is 458 g/mol. The van der Waals surface area contributed by atoms with Gasteiger partial charge < -0.3 is 25.2 Å². The molecular formula is C22H31N7O4S. The number of likely N-dealkylation sites (N-methyl/N-ethyl adjacent to an activating group) is 1. The molecule has 0 spiro atoms. The van der Waals surface area contributed by atoms with Crippen molar-refractivity contribution in [2.75, 3.05) is 76.3 Å². The number of piperazine rings is 2. The highest BCUT2D eigenvalue weighted by Crippen LogP contribution is 2.26. The smallest absolute Gasteiger partial charge is 0.252 e. The van der Waals surface area contributed by atoms with E-state index in [9.17, 15) is 13.2 Å². The number of rotatable bonds is 6. The number of hydrogen-bond acceptors (Lipinski definition) is 9. The predicted octanol–water partition coefficient (Wildman–Crippen LogP) is 0.155. The highest BCUT2D eigenvalue weighted by molar-refractivity contribution is 7.89. The second-order valence-electron chi connectivity index (χ2n) is 8.54. The zero-order chi connectivity index (χ0) is 24.5. The lowest BCUT2D eigenvalue weighted by molar-refractivity contribution is 0.0997. The lowest BCUT2D eigenvalue weighted by atomic mass is 10.2. The summed E-state index contributed by atoms with van der Waals surface area (Å²) in [5.41, 5.74) is 5.43. The molecule has 1 aromatic carbocycles. The Morgan fingerprint density at radius 2 is 1.50 bits per heavy atom. The first-order valence-corrected chi connectivity index (χ1v) is 12.6. The van der Waals surface area contributed by atoms with Crippen LogP contribution in [0.25, 0.3) is 0 Å². The molecule has 11 nitrogen and oxygen atoms in total. The molecule has 0 aliphatic carbocycles. The van der Waals surface area contributed by atoms with Gasteiger partial charge in [0.05, 0.1) is 17.6 Å². The van der Waals surface area contributed by atoms with Crippen LogP contribution in [0, 0.1) is 6.92 Å². The van der Waals surface area contributed by atoms with E-state index < -0.39 is 15.9 Å². The van der Waals surface area contributed by atoms with Crippen molar-refractivity contribution >= 4 is 27.6 Å². The molecule has 2 fully saturated rings. The van der Waals surface area contributed by atoms with Crippen molar-refractivity contribution in [3.8, 4) is 5.75 Å². The van der Waals surface area contributed by atoms with Crippen LogP contribution in [0.2, 0.25) is 0 Å². The number of nitrogens with two attached hydrogens (primary N) is 1. The number of nitrogens with zero attached hydrogens (tertiary/aromatic N) is 6. The van der Waals surface area contributed by atoms with Gasteiger partial charge in [0.2, 0.25) is 10.0 Å². The zero-order valence-corrected chi connectivity index (χ0v) is 20.6. The first-order valence-electron chi connectivity index (χ1n) is 11.2. The fourth-order valence-corrected chi connectivity index (χ4v) is 5.69. The second kappa shape index (κ2) is 9.72. The summed E-state index contributed by atoms with van der Waals surface area (Å²) in [4.78, 5) is 27.6. The molecule has 0 unspecified atom stereocenters. The minimum atomic E-state index is -3.79. The number of hydrogen-bond donors (Lipinski definition) is 1. The molecule has 2 aliphatic rings. The number of sulfonamides is 1. The van der Waals surface area contributed by atoms with Gasteiger partial charge in [-0.05, 0) is 32.2 Å². The predicted molar refractivity (Wildman–Crippen MR) is 129 cm³/mol. The lowest BCUT2D eigenvalue weighted by Crippen LogP contribution is -2.49. The highest BCUT2D eigenvalue weighted by Gasteiger charge is 2.30. The SMILES string of the molecule is COc1ccc(S(=O)(=O)N2CCN(c3cc(N4CCN(C)CC4)nc(C)n3)CC2)cc1C(N)=O. The molecule has 0 atom stereocenters. The van der Waals surface area contributed by atoms with Crippen LogP contribution in [0.4, 0.5) is 11.6 Å². The van der Waals surface area contributed by atoms with E-state index in [-0.39, 0.29) is 16.2 Å². The normalized spacial score (nSPS) is 18.2. The van der Waals surface area contributed by atoms with Gasteiger partial charge in [0.15, 0.2) is 0 Å². The summed E-state index contributed by atoms with van der Waals surface area (Å²) in [6.07, 6.45) is 0. The average Bonchev–Trinajstić information content (AvgIpc) is 2.83. The van der Waals surface area contributed by atoms with E-state index in [0.29, 0.717) is 32.0 Å². The average molecular weight is 490 g/mol. The summed E-state index contributed by atoms with van der Waals surface area (Å²) in [6, 6.07) is 6.15. The number of anilines is 2. The van der Waals surface area contributed by atoms with E-state index in [2.05, 4.69) is 31.7 Å². The molecule has 1 amide bonds. The van der Waals surface area contributed by atoms with Crippen molar-refractivity contribution in [1.29, 1.82) is 0 Å². The Labute approximate surface area is 200 Å². The fourth-order valence-electron chi connectivity index (χ4n) is 4.24. The Morgan fingerprint density at radius 3 is 2.03 bits per heavy atom. The number of aryl methyl sites for hydroxylation is 1. The maximum atomic E-state index is 13.2. The van der Waals surface area contributed by atoms with Crippen LogP contribution < -0.4 is 20.3 Å². The summed E-state index contributed by atoms with van der Waals surface area (Å²) in [7, 11) is -0.274. The summed E-state index contributed by atoms with van der Waals surface area (Å²) in [5.74, 6) is 1.90. The molecule has 2 N–H and O–H groups in total. The third-order valence-corrected chi connectivity index (χ3v) is 8.17. The number of carbonyl (C=O) groups excluding carboxylic acids is 1. The Kier molecular flexibility index (Phi) is 6.91. The van der Waals surface area contributed by atoms with Gasteiger partial charge in [-0.15, -0.1) is 0 Å². The number of benzene rings is 1. The Balaban J connectivity index is 1.48. The van der Waals surface area contributed by atoms with Gasteiger partial charge in [0.1, 0.15) is 23.2 Å². The van der Waals surface area contributed by atoms with Crippen molar-refractivity contribution in [2.24, 2.45) is 5.73 Å². The second-order valence-corrected chi connectivity index (χ2v) is 10.5. The van der Waals surface area contributed by atoms with Crippen molar-refractivity contribution in [2.45, 2.75) is 11.8 Å². The Hall–Kier alpha value is -2.96. The third-order valence-electron chi connectivity index (χ3n) is 6.27. The molecule has 2 aromatic rings. The van der Waals surface area contributed by atoms with Gasteiger partial charge in [-0.1, -0.05) is 0 Å². The molecule has 3 heterocycles. The molecule has 12 heteroatoms. The number of aromatic nitrogens is 2. The number of methoxy groups -OCH3 is 1. The number of carbonyl (C=O) groups is 1. The minimum absolute atomic E-state index is 0.0192. The van der Waals surface area contributed by atoms with E-state index in [1.807, 2.05) is 13.0 Å². The highest BCUT2D eigenvalue weighted by atomic mass is 32.2. The minimum Gasteiger partial charge on any atom is -0.496 e. The van der Waals surface area contributed by atoms with Crippen LogP contribution in [0.15, 0.2) is 29.2 Å². The van der Waals surface area contributed by atoms with Crippen molar-refractivity contribution in [3.63, 3.8) is 0 Å². The quantitative estimate of drug-likeness (QED) is 0.604. The topological polar surface area (TPSA) is 125 Å². The van der Waals surface area contributed by atoms with Gasteiger partial charge >= 0.3 is 0 Å². The van der Waals surface area contributed by atoms with Gasteiger partial charge in [-0.3, -0.25) is 4.79 Å². The Morgan fingerprint density at radius 1 is 0.941 bits per heavy atom. The number of ether oxygens (including phenoxy) is 1. The van der Waals surface area contributed by atoms with E-state index in [0.717, 1.165) is 37.8 Å². The monoisotopic (exact) mass is 489 g/mol. The van der Waals surface area contributed by atoms with E-state index >= 15 is 0 Å². The summed E-state index contributed by atoms with van der Waals surface area (Å²) in [5, 5.41) is 0. The lowest BCUT2D eigenvalue weighted by Gasteiger charge is -2.36. The van der Waals surface area contributed by atoms with Crippen molar-refractivity contribution in [3.05, 3.63) is 35.7 Å². The number of primary amides is 1. The maximum Gasteiger partial charge on any atom is 0.252 e. The van der Waals surface area contributed by atoms with Crippen LogP contribution in [-0.2, 0) is 10.0 Å². The molecule has 2 aliphatic heterocycles.